The number of carbonyl (C=O) groups excluding carboxylic acids is 2. The Morgan fingerprint density at radius 3 is 2.54 bits per heavy atom. The minimum atomic E-state index is -0.883. The van der Waals surface area contributed by atoms with Crippen molar-refractivity contribution in [2.24, 2.45) is 0 Å². The predicted octanol–water partition coefficient (Wildman–Crippen LogP) is 5.40. The number of hydrogen-bond acceptors (Lipinski definition) is 6. The van der Waals surface area contributed by atoms with Crippen LogP contribution in [0.5, 0.6) is 0 Å². The Bertz CT molecular complexity index is 1730. The highest BCUT2D eigenvalue weighted by atomic mass is 19.1. The van der Waals surface area contributed by atoms with Gasteiger partial charge in [0.2, 0.25) is 5.82 Å². The highest BCUT2D eigenvalue weighted by molar-refractivity contribution is 6.12. The molecule has 1 atom stereocenters. The average Bonchev–Trinajstić information content (AvgIpc) is 3.49. The van der Waals surface area contributed by atoms with Crippen LogP contribution in [0.2, 0.25) is 0 Å². The molecule has 0 saturated heterocycles. The van der Waals surface area contributed by atoms with Gasteiger partial charge in [-0.25, -0.2) is 4.39 Å². The molecule has 6 rings (SSSR count). The van der Waals surface area contributed by atoms with Crippen molar-refractivity contribution in [1.29, 1.82) is 0 Å². The van der Waals surface area contributed by atoms with E-state index >= 15 is 0 Å². The zero-order valence-electron chi connectivity index (χ0n) is 21.8. The van der Waals surface area contributed by atoms with Gasteiger partial charge in [-0.1, -0.05) is 48.5 Å². The summed E-state index contributed by atoms with van der Waals surface area (Å²) in [7, 11) is 0. The van der Waals surface area contributed by atoms with Crippen molar-refractivity contribution in [3.05, 3.63) is 114 Å². The Morgan fingerprint density at radius 1 is 0.927 bits per heavy atom. The van der Waals surface area contributed by atoms with E-state index in [1.54, 1.807) is 30.3 Å². The first-order chi connectivity index (χ1) is 20.0. The fraction of sp³-hybridized carbons (Fsp3) is 0.129. The number of tetrazole rings is 1. The van der Waals surface area contributed by atoms with Crippen molar-refractivity contribution >= 4 is 23.2 Å². The number of rotatable bonds is 5. The molecule has 1 unspecified atom stereocenters. The Hall–Kier alpha value is -5.22. The number of anilines is 2. The molecule has 0 spiro atoms. The lowest BCUT2D eigenvalue weighted by atomic mass is 9.99. The van der Waals surface area contributed by atoms with E-state index in [4.69, 9.17) is 0 Å². The number of H-pyrrole nitrogens is 1. The number of hydrogen-bond donors (Lipinski definition) is 3. The summed E-state index contributed by atoms with van der Waals surface area (Å²) < 4.78 is 14.0. The molecule has 10 heteroatoms. The fourth-order valence-electron chi connectivity index (χ4n) is 5.13. The van der Waals surface area contributed by atoms with Gasteiger partial charge >= 0.3 is 0 Å². The maximum absolute atomic E-state index is 14.0. The number of aliphatic hydroxyl groups excluding tert-OH is 1. The second-order valence-corrected chi connectivity index (χ2v) is 9.68. The van der Waals surface area contributed by atoms with Crippen LogP contribution in [0.15, 0.2) is 91.0 Å². The number of halogens is 1. The highest BCUT2D eigenvalue weighted by Gasteiger charge is 2.29. The third-order valence-electron chi connectivity index (χ3n) is 7.09. The molecule has 2 heterocycles. The van der Waals surface area contributed by atoms with Gasteiger partial charge in [-0.2, -0.15) is 5.21 Å². The van der Waals surface area contributed by atoms with Crippen LogP contribution < -0.4 is 10.2 Å². The predicted molar refractivity (Wildman–Crippen MR) is 152 cm³/mol. The molecule has 1 aliphatic heterocycles. The summed E-state index contributed by atoms with van der Waals surface area (Å²) in [6, 6.07) is 25.8. The lowest BCUT2D eigenvalue weighted by Crippen LogP contribution is -2.32. The van der Waals surface area contributed by atoms with E-state index in [0.29, 0.717) is 47.5 Å². The van der Waals surface area contributed by atoms with Gasteiger partial charge in [0.15, 0.2) is 0 Å². The summed E-state index contributed by atoms with van der Waals surface area (Å²) in [5.41, 5.74) is 4.04. The van der Waals surface area contributed by atoms with Crippen LogP contribution >= 0.6 is 0 Å². The van der Waals surface area contributed by atoms with E-state index in [1.165, 1.54) is 23.1 Å². The number of amides is 2. The van der Waals surface area contributed by atoms with Crippen LogP contribution in [0.1, 0.15) is 45.2 Å². The molecular formula is C31H25FN6O3. The molecular weight excluding hydrogens is 523 g/mol. The number of nitrogens with one attached hydrogen (secondary N) is 2. The van der Waals surface area contributed by atoms with Gasteiger partial charge in [0.05, 0.1) is 11.7 Å². The quantitative estimate of drug-likeness (QED) is 0.270. The number of benzene rings is 4. The van der Waals surface area contributed by atoms with E-state index in [9.17, 15) is 19.1 Å². The molecule has 2 amide bonds. The highest BCUT2D eigenvalue weighted by Crippen LogP contribution is 2.36. The van der Waals surface area contributed by atoms with Gasteiger partial charge in [-0.15, -0.1) is 10.2 Å². The Morgan fingerprint density at radius 2 is 1.73 bits per heavy atom. The lowest BCUT2D eigenvalue weighted by Gasteiger charge is -2.24. The molecule has 0 aliphatic carbocycles. The number of nitrogens with zero attached hydrogens (tertiary/aromatic N) is 4. The van der Waals surface area contributed by atoms with Crippen molar-refractivity contribution in [2.75, 3.05) is 16.8 Å². The molecule has 1 aromatic heterocycles. The molecule has 1 aliphatic rings. The number of aliphatic hydroxyl groups is 1. The molecule has 0 saturated carbocycles. The minimum Gasteiger partial charge on any atom is -0.388 e. The third-order valence-corrected chi connectivity index (χ3v) is 7.09. The van der Waals surface area contributed by atoms with E-state index in [-0.39, 0.29) is 23.2 Å². The van der Waals surface area contributed by atoms with Crippen LogP contribution in [-0.2, 0) is 0 Å². The normalized spacial score (nSPS) is 14.7. The van der Waals surface area contributed by atoms with E-state index in [1.807, 2.05) is 42.5 Å². The smallest absolute Gasteiger partial charge is 0.259 e. The SMILES string of the molecule is O=C(Nc1ccc(C(=O)N2CCCC(O)c3cc(F)ccc32)c(-c2nn[nH]n2)c1)c1ccccc1-c1ccccc1. The van der Waals surface area contributed by atoms with Gasteiger partial charge in [0, 0.05) is 34.6 Å². The van der Waals surface area contributed by atoms with Crippen molar-refractivity contribution in [2.45, 2.75) is 18.9 Å². The number of fused-ring (bicyclic) bond motifs is 1. The van der Waals surface area contributed by atoms with Crippen LogP contribution in [0.3, 0.4) is 0 Å². The molecule has 3 N–H and O–H groups in total. The minimum absolute atomic E-state index is 0.170. The van der Waals surface area contributed by atoms with Crippen molar-refractivity contribution in [3.63, 3.8) is 0 Å². The molecule has 0 fully saturated rings. The summed E-state index contributed by atoms with van der Waals surface area (Å²) >= 11 is 0. The van der Waals surface area contributed by atoms with E-state index < -0.39 is 11.9 Å². The molecule has 4 aromatic carbocycles. The number of carbonyl (C=O) groups is 2. The zero-order valence-corrected chi connectivity index (χ0v) is 21.8. The number of aromatic nitrogens is 4. The first-order valence-corrected chi connectivity index (χ1v) is 13.1. The standard InChI is InChI=1S/C31H25FN6O3/c32-20-12-15-27-26(17-20)28(39)11-6-16-38(27)31(41)24-14-13-21(18-25(24)29-34-36-37-35-29)33-30(40)23-10-5-4-9-22(23)19-7-2-1-3-8-19/h1-5,7-10,12-15,17-18,28,39H,6,11,16H2,(H,33,40)(H,34,35,36,37). The largest absolute Gasteiger partial charge is 0.388 e. The molecule has 204 valence electrons. The molecule has 0 radical (unpaired) electrons. The summed E-state index contributed by atoms with van der Waals surface area (Å²) in [4.78, 5) is 28.9. The van der Waals surface area contributed by atoms with Crippen molar-refractivity contribution < 1.29 is 19.1 Å². The topological polar surface area (TPSA) is 124 Å². The maximum Gasteiger partial charge on any atom is 0.259 e. The van der Waals surface area contributed by atoms with E-state index in [0.717, 1.165) is 11.1 Å². The Labute approximate surface area is 234 Å². The lowest BCUT2D eigenvalue weighted by molar-refractivity contribution is 0.0986. The third kappa shape index (κ3) is 5.20. The van der Waals surface area contributed by atoms with Crippen LogP contribution in [0.4, 0.5) is 15.8 Å². The average molecular weight is 549 g/mol. The summed E-state index contributed by atoms with van der Waals surface area (Å²) in [5.74, 6) is -1.01. The monoisotopic (exact) mass is 548 g/mol. The second-order valence-electron chi connectivity index (χ2n) is 9.68. The van der Waals surface area contributed by atoms with Gasteiger partial charge < -0.3 is 15.3 Å². The molecule has 9 nitrogen and oxygen atoms in total. The van der Waals surface area contributed by atoms with Gasteiger partial charge in [0.25, 0.3) is 11.8 Å². The Kier molecular flexibility index (Phi) is 7.05. The first-order valence-electron chi connectivity index (χ1n) is 13.1. The summed E-state index contributed by atoms with van der Waals surface area (Å²) in [5, 5.41) is 27.7. The van der Waals surface area contributed by atoms with Crippen molar-refractivity contribution in [3.8, 4) is 22.5 Å². The van der Waals surface area contributed by atoms with Crippen LogP contribution in [0.25, 0.3) is 22.5 Å². The van der Waals surface area contributed by atoms with E-state index in [2.05, 4.69) is 25.9 Å². The number of aromatic amines is 1. The molecule has 41 heavy (non-hydrogen) atoms. The van der Waals surface area contributed by atoms with Gasteiger partial charge in [-0.3, -0.25) is 9.59 Å². The fourth-order valence-corrected chi connectivity index (χ4v) is 5.13. The summed E-state index contributed by atoms with van der Waals surface area (Å²) in [6.45, 7) is 0.328. The second kappa shape index (κ2) is 11.1. The van der Waals surface area contributed by atoms with Crippen molar-refractivity contribution in [1.82, 2.24) is 20.6 Å². The van der Waals surface area contributed by atoms with Gasteiger partial charge in [0.1, 0.15) is 5.82 Å². The zero-order chi connectivity index (χ0) is 28.3. The first kappa shape index (κ1) is 26.0. The maximum atomic E-state index is 14.0. The van der Waals surface area contributed by atoms with Gasteiger partial charge in [-0.05, 0) is 71.6 Å². The molecule has 5 aromatic rings. The Balaban J connectivity index is 1.35. The van der Waals surface area contributed by atoms with Crippen LogP contribution in [-0.4, -0.2) is 44.1 Å². The van der Waals surface area contributed by atoms with Crippen LogP contribution in [0, 0.1) is 5.82 Å². The summed E-state index contributed by atoms with van der Waals surface area (Å²) in [6.07, 6.45) is 0.0369. The molecule has 0 bridgehead atoms.